The molecule has 3 nitrogen and oxygen atoms in total. The molecule has 2 aromatic heterocycles. The lowest BCUT2D eigenvalue weighted by atomic mass is 10.1. The van der Waals surface area contributed by atoms with Gasteiger partial charge in [0.1, 0.15) is 5.69 Å². The second-order valence-electron chi connectivity index (χ2n) is 5.16. The lowest BCUT2D eigenvalue weighted by Crippen LogP contribution is -2.04. The molecule has 0 atom stereocenters. The molecule has 1 N–H and O–H groups in total. The van der Waals surface area contributed by atoms with Crippen LogP contribution in [0.25, 0.3) is 16.9 Å². The predicted octanol–water partition coefficient (Wildman–Crippen LogP) is 4.50. The fourth-order valence-corrected chi connectivity index (χ4v) is 2.47. The Morgan fingerprint density at radius 2 is 1.55 bits per heavy atom. The van der Waals surface area contributed by atoms with Gasteiger partial charge in [0.15, 0.2) is 0 Å². The van der Waals surface area contributed by atoms with Gasteiger partial charge in [0.2, 0.25) is 0 Å². The van der Waals surface area contributed by atoms with E-state index in [-0.39, 0.29) is 5.69 Å². The summed E-state index contributed by atoms with van der Waals surface area (Å²) in [5.41, 5.74) is 3.24. The van der Waals surface area contributed by atoms with Crippen molar-refractivity contribution in [3.05, 3.63) is 59.5 Å². The van der Waals surface area contributed by atoms with E-state index in [0.29, 0.717) is 5.56 Å². The molecule has 0 radical (unpaired) electrons. The molecular weight excluding hydrogens is 291 g/mol. The number of aromatic nitrogens is 3. The highest BCUT2D eigenvalue weighted by atomic mass is 19.4. The molecule has 0 unspecified atom stereocenters. The molecular formula is C16H14F3N3. The second-order valence-corrected chi connectivity index (χ2v) is 5.16. The Labute approximate surface area is 125 Å². The monoisotopic (exact) mass is 305 g/mol. The minimum absolute atomic E-state index is 0.278. The van der Waals surface area contributed by atoms with E-state index in [4.69, 9.17) is 0 Å². The number of aryl methyl sites for hydroxylation is 2. The Kier molecular flexibility index (Phi) is 3.31. The third-order valence-corrected chi connectivity index (χ3v) is 3.58. The number of alkyl halides is 3. The standard InChI is InChI=1S/C16H14F3N3/c1-10-3-4-11(2)22(10)13-7-5-12(6-8-13)14-9-15(21-20-14)16(17,18)19/h3-9H,1-2H3,(H,20,21). The van der Waals surface area contributed by atoms with Gasteiger partial charge in [0.05, 0.1) is 5.69 Å². The molecule has 3 rings (SSSR count). The minimum Gasteiger partial charge on any atom is -0.319 e. The predicted molar refractivity (Wildman–Crippen MR) is 77.8 cm³/mol. The molecule has 1 aromatic carbocycles. The smallest absolute Gasteiger partial charge is 0.319 e. The molecule has 0 aliphatic carbocycles. The maximum Gasteiger partial charge on any atom is 0.432 e. The summed E-state index contributed by atoms with van der Waals surface area (Å²) >= 11 is 0. The second kappa shape index (κ2) is 5.05. The molecule has 0 aliphatic rings. The summed E-state index contributed by atoms with van der Waals surface area (Å²) in [6, 6.07) is 12.3. The van der Waals surface area contributed by atoms with Crippen LogP contribution < -0.4 is 0 Å². The highest BCUT2D eigenvalue weighted by molar-refractivity contribution is 5.61. The van der Waals surface area contributed by atoms with Crippen LogP contribution in [0.5, 0.6) is 0 Å². The van der Waals surface area contributed by atoms with Gasteiger partial charge in [-0.1, -0.05) is 12.1 Å². The molecule has 0 aliphatic heterocycles. The van der Waals surface area contributed by atoms with Crippen LogP contribution in [-0.4, -0.2) is 14.8 Å². The quantitative estimate of drug-likeness (QED) is 0.743. The van der Waals surface area contributed by atoms with Crippen molar-refractivity contribution in [2.45, 2.75) is 20.0 Å². The van der Waals surface area contributed by atoms with E-state index in [1.54, 1.807) is 12.1 Å². The summed E-state index contributed by atoms with van der Waals surface area (Å²) in [4.78, 5) is 0. The number of rotatable bonds is 2. The molecule has 0 spiro atoms. The topological polar surface area (TPSA) is 33.6 Å². The van der Waals surface area contributed by atoms with Crippen LogP contribution in [0.2, 0.25) is 0 Å². The zero-order valence-corrected chi connectivity index (χ0v) is 12.1. The summed E-state index contributed by atoms with van der Waals surface area (Å²) in [5.74, 6) is 0. The van der Waals surface area contributed by atoms with Gasteiger partial charge in [0.25, 0.3) is 0 Å². The van der Waals surface area contributed by atoms with Gasteiger partial charge < -0.3 is 4.57 Å². The van der Waals surface area contributed by atoms with E-state index >= 15 is 0 Å². The molecule has 114 valence electrons. The maximum absolute atomic E-state index is 12.6. The molecule has 22 heavy (non-hydrogen) atoms. The summed E-state index contributed by atoms with van der Waals surface area (Å²) in [7, 11) is 0. The normalized spacial score (nSPS) is 11.9. The van der Waals surface area contributed by atoms with E-state index < -0.39 is 11.9 Å². The fraction of sp³-hybridized carbons (Fsp3) is 0.188. The minimum atomic E-state index is -4.41. The average Bonchev–Trinajstić information content (AvgIpc) is 3.06. The van der Waals surface area contributed by atoms with Gasteiger partial charge in [-0.15, -0.1) is 0 Å². The number of aromatic amines is 1. The van der Waals surface area contributed by atoms with Gasteiger partial charge in [-0.3, -0.25) is 5.10 Å². The fourth-order valence-electron chi connectivity index (χ4n) is 2.47. The first-order chi connectivity index (χ1) is 10.4. The van der Waals surface area contributed by atoms with Crippen molar-refractivity contribution in [1.29, 1.82) is 0 Å². The first-order valence-corrected chi connectivity index (χ1v) is 6.74. The van der Waals surface area contributed by atoms with E-state index in [1.165, 1.54) is 0 Å². The van der Waals surface area contributed by atoms with Crippen molar-refractivity contribution >= 4 is 0 Å². The summed E-state index contributed by atoms with van der Waals surface area (Å²) in [6.45, 7) is 4.01. The SMILES string of the molecule is Cc1ccc(C)n1-c1ccc(-c2cc(C(F)(F)F)[nH]n2)cc1. The molecule has 0 bridgehead atoms. The van der Waals surface area contributed by atoms with Crippen LogP contribution in [0.15, 0.2) is 42.5 Å². The highest BCUT2D eigenvalue weighted by Gasteiger charge is 2.33. The van der Waals surface area contributed by atoms with E-state index in [2.05, 4.69) is 9.67 Å². The Morgan fingerprint density at radius 3 is 2.05 bits per heavy atom. The number of hydrogen-bond acceptors (Lipinski definition) is 1. The summed E-state index contributed by atoms with van der Waals surface area (Å²) < 4.78 is 39.8. The van der Waals surface area contributed by atoms with Crippen LogP contribution in [-0.2, 0) is 6.18 Å². The highest BCUT2D eigenvalue weighted by Crippen LogP contribution is 2.30. The number of nitrogens with zero attached hydrogens (tertiary/aromatic N) is 2. The number of halogens is 3. The maximum atomic E-state index is 12.6. The molecule has 0 saturated carbocycles. The Bertz CT molecular complexity index is 775. The first kappa shape index (κ1) is 14.4. The third kappa shape index (κ3) is 2.52. The van der Waals surface area contributed by atoms with Crippen LogP contribution in [0.4, 0.5) is 13.2 Å². The molecule has 0 amide bonds. The average molecular weight is 305 g/mol. The number of benzene rings is 1. The van der Waals surface area contributed by atoms with Crippen molar-refractivity contribution in [2.24, 2.45) is 0 Å². The van der Waals surface area contributed by atoms with Crippen LogP contribution in [0.3, 0.4) is 0 Å². The van der Waals surface area contributed by atoms with Crippen LogP contribution >= 0.6 is 0 Å². The Hall–Kier alpha value is -2.50. The molecule has 3 aromatic rings. The summed E-state index contributed by atoms with van der Waals surface area (Å²) in [6.07, 6.45) is -4.41. The third-order valence-electron chi connectivity index (χ3n) is 3.58. The molecule has 0 fully saturated rings. The van der Waals surface area contributed by atoms with Gasteiger partial charge >= 0.3 is 6.18 Å². The van der Waals surface area contributed by atoms with Crippen LogP contribution in [0, 0.1) is 13.8 Å². The number of hydrogen-bond donors (Lipinski definition) is 1. The lowest BCUT2D eigenvalue weighted by molar-refractivity contribution is -0.141. The zero-order chi connectivity index (χ0) is 15.9. The van der Waals surface area contributed by atoms with Crippen molar-refractivity contribution in [2.75, 3.05) is 0 Å². The van der Waals surface area contributed by atoms with Gasteiger partial charge in [-0.05, 0) is 44.2 Å². The lowest BCUT2D eigenvalue weighted by Gasteiger charge is -2.09. The van der Waals surface area contributed by atoms with Gasteiger partial charge in [0, 0.05) is 22.6 Å². The largest absolute Gasteiger partial charge is 0.432 e. The van der Waals surface area contributed by atoms with Crippen molar-refractivity contribution in [3.8, 4) is 16.9 Å². The van der Waals surface area contributed by atoms with E-state index in [9.17, 15) is 13.2 Å². The first-order valence-electron chi connectivity index (χ1n) is 6.74. The number of nitrogens with one attached hydrogen (secondary N) is 1. The Morgan fingerprint density at radius 1 is 0.955 bits per heavy atom. The van der Waals surface area contributed by atoms with Crippen molar-refractivity contribution in [1.82, 2.24) is 14.8 Å². The van der Waals surface area contributed by atoms with Gasteiger partial charge in [-0.25, -0.2) is 0 Å². The van der Waals surface area contributed by atoms with Crippen LogP contribution in [0.1, 0.15) is 17.1 Å². The molecule has 0 saturated heterocycles. The Balaban J connectivity index is 1.94. The zero-order valence-electron chi connectivity index (χ0n) is 12.1. The van der Waals surface area contributed by atoms with E-state index in [1.807, 2.05) is 43.2 Å². The van der Waals surface area contributed by atoms with Crippen molar-refractivity contribution in [3.63, 3.8) is 0 Å². The number of H-pyrrole nitrogens is 1. The molecule has 6 heteroatoms. The van der Waals surface area contributed by atoms with E-state index in [0.717, 1.165) is 23.1 Å². The molecule has 2 heterocycles. The summed E-state index contributed by atoms with van der Waals surface area (Å²) in [5, 5.41) is 5.75. The van der Waals surface area contributed by atoms with Gasteiger partial charge in [-0.2, -0.15) is 18.3 Å². The van der Waals surface area contributed by atoms with Crippen molar-refractivity contribution < 1.29 is 13.2 Å².